The average Bonchev–Trinajstić information content (AvgIpc) is 3.47. The summed E-state index contributed by atoms with van der Waals surface area (Å²) < 4.78 is 2.11. The second-order valence-electron chi connectivity index (χ2n) is 6.98. The van der Waals surface area contributed by atoms with Crippen LogP contribution >= 0.6 is 34.6 Å². The normalized spacial score (nSPS) is 13.9. The molecular formula is C23H25N5OS3. The maximum absolute atomic E-state index is 13.2. The molecule has 0 bridgehead atoms. The van der Waals surface area contributed by atoms with Crippen LogP contribution in [0.2, 0.25) is 0 Å². The lowest BCUT2D eigenvalue weighted by Gasteiger charge is -2.34. The molecule has 2 amide bonds. The molecule has 4 aromatic rings. The van der Waals surface area contributed by atoms with Gasteiger partial charge < -0.3 is 0 Å². The van der Waals surface area contributed by atoms with Gasteiger partial charge >= 0.3 is 6.03 Å². The zero-order valence-electron chi connectivity index (χ0n) is 18.2. The van der Waals surface area contributed by atoms with E-state index in [2.05, 4.69) is 40.3 Å². The number of urea groups is 1. The molecule has 5 rings (SSSR count). The number of aryl methyl sites for hydroxylation is 1. The van der Waals surface area contributed by atoms with Crippen LogP contribution in [0.5, 0.6) is 0 Å². The standard InChI is InChI=1S/C21H19N5OS3.C2H6/c1-13-19(30-22)29-20(24-13)26-11-3-10-25(21(26)27)15-8-6-14(7-9-15)16-4-2-5-17-18(16)23-12-28-17;1-2/h2,4-9,12H,3,10-11,22H2,1H3;1-2H3. The van der Waals surface area contributed by atoms with Crippen LogP contribution in [0.25, 0.3) is 21.3 Å². The lowest BCUT2D eigenvalue weighted by Crippen LogP contribution is -2.49. The molecule has 1 fully saturated rings. The molecule has 0 saturated carbocycles. The number of thiazole rings is 2. The summed E-state index contributed by atoms with van der Waals surface area (Å²) in [7, 11) is 0. The predicted octanol–water partition coefficient (Wildman–Crippen LogP) is 6.56. The van der Waals surface area contributed by atoms with E-state index in [4.69, 9.17) is 5.14 Å². The number of carbonyl (C=O) groups excluding carboxylic acids is 1. The third-order valence-corrected chi connectivity index (χ3v) is 7.97. The van der Waals surface area contributed by atoms with Crippen LogP contribution < -0.4 is 14.9 Å². The van der Waals surface area contributed by atoms with Gasteiger partial charge in [-0.25, -0.2) is 14.8 Å². The van der Waals surface area contributed by atoms with Crippen LogP contribution in [0.15, 0.2) is 52.2 Å². The summed E-state index contributed by atoms with van der Waals surface area (Å²) in [5, 5.41) is 6.42. The molecule has 9 heteroatoms. The Labute approximate surface area is 200 Å². The van der Waals surface area contributed by atoms with Gasteiger partial charge in [-0.15, -0.1) is 11.3 Å². The van der Waals surface area contributed by atoms with Crippen molar-refractivity contribution in [2.75, 3.05) is 22.9 Å². The second-order valence-corrected chi connectivity index (χ2v) is 9.74. The Bertz CT molecular complexity index is 1220. The first-order valence-electron chi connectivity index (χ1n) is 10.5. The van der Waals surface area contributed by atoms with Crippen molar-refractivity contribution < 1.29 is 4.79 Å². The van der Waals surface area contributed by atoms with Gasteiger partial charge in [0.05, 0.1) is 25.6 Å². The van der Waals surface area contributed by atoms with Gasteiger partial charge in [-0.1, -0.05) is 49.4 Å². The summed E-state index contributed by atoms with van der Waals surface area (Å²) in [5.74, 6) is 0. The van der Waals surface area contributed by atoms with Crippen LogP contribution in [0.4, 0.5) is 15.6 Å². The number of aromatic nitrogens is 2. The number of hydrogen-bond donors (Lipinski definition) is 1. The largest absolute Gasteiger partial charge is 0.330 e. The zero-order valence-corrected chi connectivity index (χ0v) is 20.7. The SMILES string of the molecule is CC.Cc1nc(N2CCCN(c3ccc(-c4cccc5scnc45)cc3)C2=O)sc1SN. The van der Waals surface area contributed by atoms with Gasteiger partial charge in [0.2, 0.25) is 0 Å². The van der Waals surface area contributed by atoms with Crippen molar-refractivity contribution in [3.05, 3.63) is 53.7 Å². The minimum Gasteiger partial charge on any atom is -0.294 e. The first-order valence-corrected chi connectivity index (χ1v) is 13.1. The molecule has 3 heterocycles. The summed E-state index contributed by atoms with van der Waals surface area (Å²) in [6, 6.07) is 14.3. The third kappa shape index (κ3) is 4.25. The number of nitrogens with zero attached hydrogens (tertiary/aromatic N) is 4. The maximum atomic E-state index is 13.2. The number of hydrogen-bond acceptors (Lipinski definition) is 7. The van der Waals surface area contributed by atoms with E-state index < -0.39 is 0 Å². The highest BCUT2D eigenvalue weighted by Crippen LogP contribution is 2.35. The molecule has 2 aromatic carbocycles. The van der Waals surface area contributed by atoms with Crippen molar-refractivity contribution in [1.82, 2.24) is 9.97 Å². The molecule has 0 atom stereocenters. The lowest BCUT2D eigenvalue weighted by atomic mass is 10.0. The summed E-state index contributed by atoms with van der Waals surface area (Å²) in [4.78, 5) is 25.8. The van der Waals surface area contributed by atoms with E-state index in [1.165, 1.54) is 28.0 Å². The molecule has 0 radical (unpaired) electrons. The van der Waals surface area contributed by atoms with Crippen molar-refractivity contribution in [3.63, 3.8) is 0 Å². The van der Waals surface area contributed by atoms with E-state index in [1.807, 2.05) is 43.3 Å². The molecule has 1 aliphatic heterocycles. The molecular weight excluding hydrogens is 458 g/mol. The van der Waals surface area contributed by atoms with E-state index in [1.54, 1.807) is 16.2 Å². The van der Waals surface area contributed by atoms with Gasteiger partial charge in [0.1, 0.15) is 0 Å². The van der Waals surface area contributed by atoms with Gasteiger partial charge in [-0.3, -0.25) is 14.9 Å². The fraction of sp³-hybridized carbons (Fsp3) is 0.261. The predicted molar refractivity (Wildman–Crippen MR) is 138 cm³/mol. The molecule has 1 aliphatic rings. The topological polar surface area (TPSA) is 75.4 Å². The first-order chi connectivity index (χ1) is 15.7. The van der Waals surface area contributed by atoms with Crippen molar-refractivity contribution >= 4 is 61.7 Å². The number of benzene rings is 2. The molecule has 2 N–H and O–H groups in total. The van der Waals surface area contributed by atoms with Crippen LogP contribution in [0, 0.1) is 6.92 Å². The van der Waals surface area contributed by atoms with E-state index in [9.17, 15) is 4.79 Å². The number of rotatable bonds is 4. The number of nitrogens with two attached hydrogens (primary N) is 1. The Morgan fingerprint density at radius 3 is 2.53 bits per heavy atom. The van der Waals surface area contributed by atoms with Crippen LogP contribution in [-0.2, 0) is 0 Å². The number of carbonyl (C=O) groups is 1. The van der Waals surface area contributed by atoms with E-state index in [-0.39, 0.29) is 6.03 Å². The number of anilines is 2. The highest BCUT2D eigenvalue weighted by Gasteiger charge is 2.30. The summed E-state index contributed by atoms with van der Waals surface area (Å²) in [5.41, 5.74) is 6.85. The Kier molecular flexibility index (Phi) is 7.10. The molecule has 1 saturated heterocycles. The van der Waals surface area contributed by atoms with Crippen molar-refractivity contribution in [2.45, 2.75) is 31.4 Å². The van der Waals surface area contributed by atoms with E-state index in [0.29, 0.717) is 18.2 Å². The summed E-state index contributed by atoms with van der Waals surface area (Å²) in [6.45, 7) is 7.28. The highest BCUT2D eigenvalue weighted by atomic mass is 32.2. The zero-order chi connectivity index (χ0) is 22.7. The summed E-state index contributed by atoms with van der Waals surface area (Å²) >= 11 is 4.29. The molecule has 32 heavy (non-hydrogen) atoms. The van der Waals surface area contributed by atoms with E-state index in [0.717, 1.165) is 38.7 Å². The quantitative estimate of drug-likeness (QED) is 0.333. The van der Waals surface area contributed by atoms with Crippen molar-refractivity contribution in [1.29, 1.82) is 0 Å². The fourth-order valence-electron chi connectivity index (χ4n) is 3.67. The van der Waals surface area contributed by atoms with Gasteiger partial charge in [0.25, 0.3) is 0 Å². The first kappa shape index (κ1) is 22.7. The monoisotopic (exact) mass is 483 g/mol. The maximum Gasteiger partial charge on any atom is 0.330 e. The van der Waals surface area contributed by atoms with Gasteiger partial charge in [-0.2, -0.15) is 0 Å². The Balaban J connectivity index is 0.00000119. The molecule has 2 aromatic heterocycles. The smallest absolute Gasteiger partial charge is 0.294 e. The Hall–Kier alpha value is -2.46. The van der Waals surface area contributed by atoms with E-state index >= 15 is 0 Å². The molecule has 0 spiro atoms. The van der Waals surface area contributed by atoms with Crippen LogP contribution in [-0.4, -0.2) is 29.1 Å². The lowest BCUT2D eigenvalue weighted by molar-refractivity contribution is 0.248. The van der Waals surface area contributed by atoms with Crippen LogP contribution in [0.1, 0.15) is 26.0 Å². The summed E-state index contributed by atoms with van der Waals surface area (Å²) in [6.07, 6.45) is 0.884. The molecule has 0 unspecified atom stereocenters. The van der Waals surface area contributed by atoms with Gasteiger partial charge in [-0.05, 0) is 49.1 Å². The highest BCUT2D eigenvalue weighted by molar-refractivity contribution is 7.99. The fourth-order valence-corrected chi connectivity index (χ4v) is 5.83. The average molecular weight is 484 g/mol. The number of fused-ring (bicyclic) bond motifs is 1. The Morgan fingerprint density at radius 1 is 1.06 bits per heavy atom. The third-order valence-electron chi connectivity index (χ3n) is 5.16. The number of amides is 2. The van der Waals surface area contributed by atoms with Gasteiger partial charge in [0, 0.05) is 24.3 Å². The van der Waals surface area contributed by atoms with Crippen LogP contribution in [0.3, 0.4) is 0 Å². The van der Waals surface area contributed by atoms with Crippen molar-refractivity contribution in [3.8, 4) is 11.1 Å². The molecule has 166 valence electrons. The van der Waals surface area contributed by atoms with Crippen molar-refractivity contribution in [2.24, 2.45) is 5.14 Å². The minimum absolute atomic E-state index is 0.0436. The number of para-hydroxylation sites is 1. The molecule has 6 nitrogen and oxygen atoms in total. The van der Waals surface area contributed by atoms with Gasteiger partial charge in [0.15, 0.2) is 5.13 Å². The second kappa shape index (κ2) is 9.99. The minimum atomic E-state index is -0.0436. The molecule has 0 aliphatic carbocycles. The Morgan fingerprint density at radius 2 is 1.81 bits per heavy atom.